The van der Waals surface area contributed by atoms with Crippen LogP contribution in [0.1, 0.15) is 16.7 Å². The maximum atomic E-state index is 6.29. The van der Waals surface area contributed by atoms with Crippen molar-refractivity contribution in [2.75, 3.05) is 7.11 Å². The summed E-state index contributed by atoms with van der Waals surface area (Å²) < 4.78 is 5.26. The molecule has 2 rings (SSSR count). The standard InChI is InChI=1S/C14H14Cl2N2O/c1-9-5-11(13(15)12(6-9)19-2)4-3-10-7-17-14(16)18-8-10/h5-8H,3-4H2,1-2H3. The van der Waals surface area contributed by atoms with E-state index in [1.54, 1.807) is 19.5 Å². The Morgan fingerprint density at radius 2 is 1.79 bits per heavy atom. The van der Waals surface area contributed by atoms with Crippen LogP contribution in [0, 0.1) is 6.92 Å². The molecule has 0 spiro atoms. The minimum absolute atomic E-state index is 0.263. The zero-order valence-electron chi connectivity index (χ0n) is 10.8. The molecule has 0 bridgehead atoms. The molecule has 2 aromatic rings. The lowest BCUT2D eigenvalue weighted by atomic mass is 10.0. The van der Waals surface area contributed by atoms with Crippen LogP contribution in [0.2, 0.25) is 10.3 Å². The van der Waals surface area contributed by atoms with E-state index >= 15 is 0 Å². The number of rotatable bonds is 4. The van der Waals surface area contributed by atoms with E-state index in [0.717, 1.165) is 29.5 Å². The fourth-order valence-corrected chi connectivity index (χ4v) is 2.26. The highest BCUT2D eigenvalue weighted by atomic mass is 35.5. The van der Waals surface area contributed by atoms with Gasteiger partial charge in [-0.15, -0.1) is 0 Å². The molecular weight excluding hydrogens is 283 g/mol. The third-order valence-electron chi connectivity index (χ3n) is 2.84. The van der Waals surface area contributed by atoms with E-state index in [0.29, 0.717) is 10.8 Å². The van der Waals surface area contributed by atoms with Crippen LogP contribution in [0.4, 0.5) is 0 Å². The largest absolute Gasteiger partial charge is 0.495 e. The van der Waals surface area contributed by atoms with Crippen molar-refractivity contribution < 1.29 is 4.74 Å². The molecule has 0 aliphatic rings. The molecule has 0 aliphatic carbocycles. The van der Waals surface area contributed by atoms with Gasteiger partial charge in [0.25, 0.3) is 0 Å². The summed E-state index contributed by atoms with van der Waals surface area (Å²) in [4.78, 5) is 7.92. The van der Waals surface area contributed by atoms with Crippen LogP contribution >= 0.6 is 23.2 Å². The first-order valence-corrected chi connectivity index (χ1v) is 6.65. The molecule has 0 aliphatic heterocycles. The predicted octanol–water partition coefficient (Wildman–Crippen LogP) is 3.89. The van der Waals surface area contributed by atoms with Crippen LogP contribution in [0.15, 0.2) is 24.5 Å². The highest BCUT2D eigenvalue weighted by Crippen LogP contribution is 2.30. The highest BCUT2D eigenvalue weighted by molar-refractivity contribution is 6.32. The van der Waals surface area contributed by atoms with Gasteiger partial charge in [-0.25, -0.2) is 9.97 Å². The molecule has 0 fully saturated rings. The van der Waals surface area contributed by atoms with Crippen molar-refractivity contribution >= 4 is 23.2 Å². The second-order valence-corrected chi connectivity index (χ2v) is 5.02. The fourth-order valence-electron chi connectivity index (χ4n) is 1.89. The predicted molar refractivity (Wildman–Crippen MR) is 77.2 cm³/mol. The Bertz CT molecular complexity index is 570. The Labute approximate surface area is 122 Å². The number of ether oxygens (including phenoxy) is 1. The monoisotopic (exact) mass is 296 g/mol. The smallest absolute Gasteiger partial charge is 0.222 e. The SMILES string of the molecule is COc1cc(C)cc(CCc2cnc(Cl)nc2)c1Cl. The molecule has 19 heavy (non-hydrogen) atoms. The van der Waals surface area contributed by atoms with E-state index in [2.05, 4.69) is 16.0 Å². The lowest BCUT2D eigenvalue weighted by Gasteiger charge is -2.10. The second-order valence-electron chi connectivity index (χ2n) is 4.30. The van der Waals surface area contributed by atoms with Gasteiger partial charge in [-0.2, -0.15) is 0 Å². The first kappa shape index (κ1) is 14.1. The van der Waals surface area contributed by atoms with E-state index in [9.17, 15) is 0 Å². The van der Waals surface area contributed by atoms with Gasteiger partial charge in [0.2, 0.25) is 5.28 Å². The van der Waals surface area contributed by atoms with E-state index in [4.69, 9.17) is 27.9 Å². The van der Waals surface area contributed by atoms with Crippen LogP contribution in [-0.2, 0) is 12.8 Å². The Morgan fingerprint density at radius 3 is 2.42 bits per heavy atom. The summed E-state index contributed by atoms with van der Waals surface area (Å²) >= 11 is 11.9. The quantitative estimate of drug-likeness (QED) is 0.803. The third-order valence-corrected chi connectivity index (χ3v) is 3.46. The summed E-state index contributed by atoms with van der Waals surface area (Å²) in [6.45, 7) is 2.02. The van der Waals surface area contributed by atoms with E-state index in [1.807, 2.05) is 13.0 Å². The average Bonchev–Trinajstić information content (AvgIpc) is 2.41. The van der Waals surface area contributed by atoms with Crippen molar-refractivity contribution in [3.8, 4) is 5.75 Å². The summed E-state index contributed by atoms with van der Waals surface area (Å²) in [5, 5.41) is 0.932. The normalized spacial score (nSPS) is 10.5. The van der Waals surface area contributed by atoms with Crippen LogP contribution in [0.5, 0.6) is 5.75 Å². The van der Waals surface area contributed by atoms with Crippen molar-refractivity contribution in [1.29, 1.82) is 0 Å². The molecule has 100 valence electrons. The van der Waals surface area contributed by atoms with Crippen LogP contribution < -0.4 is 4.74 Å². The molecule has 0 unspecified atom stereocenters. The zero-order chi connectivity index (χ0) is 13.8. The number of hydrogen-bond acceptors (Lipinski definition) is 3. The summed E-state index contributed by atoms with van der Waals surface area (Å²) in [6, 6.07) is 4.00. The van der Waals surface area contributed by atoms with Crippen molar-refractivity contribution in [2.24, 2.45) is 0 Å². The first-order chi connectivity index (χ1) is 9.10. The van der Waals surface area contributed by atoms with E-state index < -0.39 is 0 Å². The Hall–Kier alpha value is -1.32. The molecule has 0 saturated heterocycles. The van der Waals surface area contributed by atoms with Crippen molar-refractivity contribution in [2.45, 2.75) is 19.8 Å². The number of aromatic nitrogens is 2. The van der Waals surface area contributed by atoms with E-state index in [1.165, 1.54) is 0 Å². The minimum Gasteiger partial charge on any atom is -0.495 e. The number of aryl methyl sites for hydroxylation is 3. The number of nitrogens with zero attached hydrogens (tertiary/aromatic N) is 2. The number of benzene rings is 1. The topological polar surface area (TPSA) is 35.0 Å². The van der Waals surface area contributed by atoms with Crippen LogP contribution in [0.25, 0.3) is 0 Å². The second kappa shape index (κ2) is 6.22. The lowest BCUT2D eigenvalue weighted by Crippen LogP contribution is -1.97. The fraction of sp³-hybridized carbons (Fsp3) is 0.286. The molecule has 0 N–H and O–H groups in total. The highest BCUT2D eigenvalue weighted by Gasteiger charge is 2.08. The molecule has 3 nitrogen and oxygen atoms in total. The average molecular weight is 297 g/mol. The van der Waals surface area contributed by atoms with Gasteiger partial charge in [-0.1, -0.05) is 17.7 Å². The van der Waals surface area contributed by atoms with Gasteiger partial charge >= 0.3 is 0 Å². The van der Waals surface area contributed by atoms with Gasteiger partial charge in [-0.05, 0) is 54.1 Å². The Kier molecular flexibility index (Phi) is 4.61. The molecule has 1 aromatic heterocycles. The summed E-state index contributed by atoms with van der Waals surface area (Å²) in [5.74, 6) is 0.712. The molecular formula is C14H14Cl2N2O. The number of methoxy groups -OCH3 is 1. The molecule has 1 aromatic carbocycles. The Morgan fingerprint density at radius 1 is 1.11 bits per heavy atom. The summed E-state index contributed by atoms with van der Waals surface area (Å²) in [7, 11) is 1.62. The maximum Gasteiger partial charge on any atom is 0.222 e. The molecule has 0 atom stereocenters. The molecule has 0 saturated carbocycles. The van der Waals surface area contributed by atoms with Gasteiger partial charge in [-0.3, -0.25) is 0 Å². The van der Waals surface area contributed by atoms with Crippen LogP contribution in [0.3, 0.4) is 0 Å². The molecule has 1 heterocycles. The van der Waals surface area contributed by atoms with E-state index in [-0.39, 0.29) is 5.28 Å². The number of hydrogen-bond donors (Lipinski definition) is 0. The molecule has 0 amide bonds. The third kappa shape index (κ3) is 3.58. The van der Waals surface area contributed by atoms with Crippen LogP contribution in [-0.4, -0.2) is 17.1 Å². The number of halogens is 2. The van der Waals surface area contributed by atoms with Crippen molar-refractivity contribution in [3.05, 3.63) is 51.5 Å². The van der Waals surface area contributed by atoms with Gasteiger partial charge < -0.3 is 4.74 Å². The van der Waals surface area contributed by atoms with Gasteiger partial charge in [0.05, 0.1) is 12.1 Å². The maximum absolute atomic E-state index is 6.29. The van der Waals surface area contributed by atoms with Crippen molar-refractivity contribution in [1.82, 2.24) is 9.97 Å². The first-order valence-electron chi connectivity index (χ1n) is 5.89. The zero-order valence-corrected chi connectivity index (χ0v) is 12.3. The minimum atomic E-state index is 0.263. The molecule has 5 heteroatoms. The molecule has 0 radical (unpaired) electrons. The van der Waals surface area contributed by atoms with Gasteiger partial charge in [0, 0.05) is 12.4 Å². The summed E-state index contributed by atoms with van der Waals surface area (Å²) in [5.41, 5.74) is 3.22. The summed E-state index contributed by atoms with van der Waals surface area (Å²) in [6.07, 6.45) is 5.08. The lowest BCUT2D eigenvalue weighted by molar-refractivity contribution is 0.414. The van der Waals surface area contributed by atoms with Gasteiger partial charge in [0.15, 0.2) is 0 Å². The Balaban J connectivity index is 2.15. The van der Waals surface area contributed by atoms with Gasteiger partial charge in [0.1, 0.15) is 5.75 Å². The van der Waals surface area contributed by atoms with Crippen molar-refractivity contribution in [3.63, 3.8) is 0 Å².